The minimum absolute atomic E-state index is 0.440. The Morgan fingerprint density at radius 3 is 2.94 bits per heavy atom. The maximum Gasteiger partial charge on any atom is 0.169 e. The predicted octanol–water partition coefficient (Wildman–Crippen LogP) is 3.67. The molecule has 0 radical (unpaired) electrons. The largest absolute Gasteiger partial charge is 0.492 e. The standard InChI is InChI=1S/C12H10ClNO2S/c1-2-16-11-4-3-8(5-10(11)13)12-14-9(6-15)7-17-12/h3-7H,2H2,1H3. The van der Waals surface area contributed by atoms with E-state index in [-0.39, 0.29) is 0 Å². The lowest BCUT2D eigenvalue weighted by Crippen LogP contribution is -1.92. The smallest absolute Gasteiger partial charge is 0.169 e. The molecule has 0 spiro atoms. The number of carbonyl (C=O) groups excluding carboxylic acids is 1. The van der Waals surface area contributed by atoms with E-state index in [4.69, 9.17) is 16.3 Å². The highest BCUT2D eigenvalue weighted by atomic mass is 35.5. The summed E-state index contributed by atoms with van der Waals surface area (Å²) in [6.45, 7) is 2.48. The zero-order valence-electron chi connectivity index (χ0n) is 9.14. The highest BCUT2D eigenvalue weighted by molar-refractivity contribution is 7.13. The minimum Gasteiger partial charge on any atom is -0.492 e. The summed E-state index contributed by atoms with van der Waals surface area (Å²) in [5, 5.41) is 3.04. The molecular weight excluding hydrogens is 258 g/mol. The van der Waals surface area contributed by atoms with Gasteiger partial charge in [0.25, 0.3) is 0 Å². The predicted molar refractivity (Wildman–Crippen MR) is 69.1 cm³/mol. The Morgan fingerprint density at radius 1 is 1.53 bits per heavy atom. The molecule has 1 heterocycles. The van der Waals surface area contributed by atoms with Crippen LogP contribution in [-0.4, -0.2) is 17.9 Å². The van der Waals surface area contributed by atoms with Gasteiger partial charge < -0.3 is 4.74 Å². The first kappa shape index (κ1) is 12.1. The number of carbonyl (C=O) groups is 1. The van der Waals surface area contributed by atoms with Gasteiger partial charge in [-0.05, 0) is 25.1 Å². The van der Waals surface area contributed by atoms with E-state index in [1.165, 1.54) is 11.3 Å². The second-order valence-electron chi connectivity index (χ2n) is 3.27. The second kappa shape index (κ2) is 5.29. The van der Waals surface area contributed by atoms with Crippen LogP contribution >= 0.6 is 22.9 Å². The average molecular weight is 268 g/mol. The first-order chi connectivity index (χ1) is 8.24. The van der Waals surface area contributed by atoms with E-state index in [2.05, 4.69) is 4.98 Å². The minimum atomic E-state index is 0.440. The summed E-state index contributed by atoms with van der Waals surface area (Å²) in [7, 11) is 0. The number of thiazole rings is 1. The van der Waals surface area contributed by atoms with Crippen LogP contribution in [0.15, 0.2) is 23.6 Å². The van der Waals surface area contributed by atoms with Crippen LogP contribution < -0.4 is 4.74 Å². The molecule has 0 saturated carbocycles. The quantitative estimate of drug-likeness (QED) is 0.794. The summed E-state index contributed by atoms with van der Waals surface area (Å²) in [6, 6.07) is 5.48. The maximum absolute atomic E-state index is 10.6. The van der Waals surface area contributed by atoms with Crippen molar-refractivity contribution in [3.63, 3.8) is 0 Å². The molecule has 3 nitrogen and oxygen atoms in total. The lowest BCUT2D eigenvalue weighted by Gasteiger charge is -2.06. The van der Waals surface area contributed by atoms with Gasteiger partial charge in [-0.2, -0.15) is 0 Å². The van der Waals surface area contributed by atoms with Gasteiger partial charge in [-0.3, -0.25) is 4.79 Å². The Hall–Kier alpha value is -1.39. The number of rotatable bonds is 4. The van der Waals surface area contributed by atoms with Crippen molar-refractivity contribution in [2.24, 2.45) is 0 Å². The van der Waals surface area contributed by atoms with Crippen LogP contribution in [0, 0.1) is 0 Å². The highest BCUT2D eigenvalue weighted by Crippen LogP contribution is 2.31. The van der Waals surface area contributed by atoms with Gasteiger partial charge in [-0.15, -0.1) is 11.3 Å². The molecule has 1 aromatic carbocycles. The number of ether oxygens (including phenoxy) is 1. The Kier molecular flexibility index (Phi) is 3.76. The molecule has 5 heteroatoms. The molecule has 0 aliphatic carbocycles. The van der Waals surface area contributed by atoms with Crippen LogP contribution in [0.3, 0.4) is 0 Å². The number of aldehydes is 1. The monoisotopic (exact) mass is 267 g/mol. The topological polar surface area (TPSA) is 39.2 Å². The first-order valence-corrected chi connectivity index (χ1v) is 6.33. The van der Waals surface area contributed by atoms with Crippen molar-refractivity contribution in [3.8, 4) is 16.3 Å². The van der Waals surface area contributed by atoms with Gasteiger partial charge >= 0.3 is 0 Å². The Labute approximate surface area is 108 Å². The molecule has 1 aromatic heterocycles. The molecule has 17 heavy (non-hydrogen) atoms. The van der Waals surface area contributed by atoms with Crippen molar-refractivity contribution in [2.75, 3.05) is 6.61 Å². The van der Waals surface area contributed by atoms with Crippen LogP contribution in [0.1, 0.15) is 17.4 Å². The zero-order chi connectivity index (χ0) is 12.3. The van der Waals surface area contributed by atoms with Gasteiger partial charge in [0.2, 0.25) is 0 Å². The molecule has 0 aliphatic heterocycles. The number of hydrogen-bond acceptors (Lipinski definition) is 4. The van der Waals surface area contributed by atoms with E-state index in [0.29, 0.717) is 23.1 Å². The summed E-state index contributed by atoms with van der Waals surface area (Å²) in [5.74, 6) is 0.657. The molecule has 88 valence electrons. The summed E-state index contributed by atoms with van der Waals surface area (Å²) in [5.41, 5.74) is 1.33. The van der Waals surface area contributed by atoms with Crippen molar-refractivity contribution in [1.29, 1.82) is 0 Å². The molecule has 2 aromatic rings. The summed E-state index contributed by atoms with van der Waals surface area (Å²) >= 11 is 7.49. The first-order valence-electron chi connectivity index (χ1n) is 5.08. The Morgan fingerprint density at radius 2 is 2.35 bits per heavy atom. The summed E-state index contributed by atoms with van der Waals surface area (Å²) < 4.78 is 5.35. The van der Waals surface area contributed by atoms with Crippen LogP contribution in [0.25, 0.3) is 10.6 Å². The van der Waals surface area contributed by atoms with E-state index in [0.717, 1.165) is 16.9 Å². The lowest BCUT2D eigenvalue weighted by molar-refractivity contribution is 0.111. The third-order valence-electron chi connectivity index (χ3n) is 2.12. The zero-order valence-corrected chi connectivity index (χ0v) is 10.7. The van der Waals surface area contributed by atoms with Crippen LogP contribution in [0.5, 0.6) is 5.75 Å². The van der Waals surface area contributed by atoms with E-state index in [1.54, 1.807) is 11.4 Å². The molecule has 0 aliphatic rings. The van der Waals surface area contributed by atoms with Gasteiger partial charge in [-0.1, -0.05) is 11.6 Å². The fourth-order valence-electron chi connectivity index (χ4n) is 1.38. The molecule has 0 saturated heterocycles. The molecule has 0 N–H and O–H groups in total. The molecular formula is C12H10ClNO2S. The molecule has 0 fully saturated rings. The molecule has 0 unspecified atom stereocenters. The number of benzene rings is 1. The fourth-order valence-corrected chi connectivity index (χ4v) is 2.38. The second-order valence-corrected chi connectivity index (χ2v) is 4.54. The van der Waals surface area contributed by atoms with Gasteiger partial charge in [-0.25, -0.2) is 4.98 Å². The van der Waals surface area contributed by atoms with Gasteiger partial charge in [0.1, 0.15) is 16.5 Å². The third-order valence-corrected chi connectivity index (χ3v) is 3.33. The van der Waals surface area contributed by atoms with E-state index in [1.807, 2.05) is 19.1 Å². The van der Waals surface area contributed by atoms with Gasteiger partial charge in [0, 0.05) is 10.9 Å². The average Bonchev–Trinajstić information content (AvgIpc) is 2.80. The van der Waals surface area contributed by atoms with Crippen LogP contribution in [-0.2, 0) is 0 Å². The number of halogens is 1. The highest BCUT2D eigenvalue weighted by Gasteiger charge is 2.07. The third kappa shape index (κ3) is 2.65. The van der Waals surface area contributed by atoms with Crippen molar-refractivity contribution >= 4 is 29.2 Å². The maximum atomic E-state index is 10.6. The molecule has 0 bridgehead atoms. The fraction of sp³-hybridized carbons (Fsp3) is 0.167. The van der Waals surface area contributed by atoms with Crippen molar-refractivity contribution in [2.45, 2.75) is 6.92 Å². The lowest BCUT2D eigenvalue weighted by atomic mass is 10.2. The van der Waals surface area contributed by atoms with Crippen molar-refractivity contribution < 1.29 is 9.53 Å². The summed E-state index contributed by atoms with van der Waals surface area (Å²) in [6.07, 6.45) is 0.732. The molecule has 0 amide bonds. The van der Waals surface area contributed by atoms with Crippen molar-refractivity contribution in [3.05, 3.63) is 34.3 Å². The normalized spacial score (nSPS) is 10.2. The van der Waals surface area contributed by atoms with E-state index in [9.17, 15) is 4.79 Å². The Bertz CT molecular complexity index is 539. The van der Waals surface area contributed by atoms with Gasteiger partial charge in [0.05, 0.1) is 11.6 Å². The number of hydrogen-bond donors (Lipinski definition) is 0. The molecule has 2 rings (SSSR count). The SMILES string of the molecule is CCOc1ccc(-c2nc(C=O)cs2)cc1Cl. The van der Waals surface area contributed by atoms with Crippen LogP contribution in [0.2, 0.25) is 5.02 Å². The van der Waals surface area contributed by atoms with Crippen molar-refractivity contribution in [1.82, 2.24) is 4.98 Å². The number of aromatic nitrogens is 1. The van der Waals surface area contributed by atoms with E-state index >= 15 is 0 Å². The number of nitrogens with zero attached hydrogens (tertiary/aromatic N) is 1. The summed E-state index contributed by atoms with van der Waals surface area (Å²) in [4.78, 5) is 14.7. The van der Waals surface area contributed by atoms with Gasteiger partial charge in [0.15, 0.2) is 6.29 Å². The molecule has 0 atom stereocenters. The Balaban J connectivity index is 2.33. The van der Waals surface area contributed by atoms with E-state index < -0.39 is 0 Å². The van der Waals surface area contributed by atoms with Crippen LogP contribution in [0.4, 0.5) is 0 Å².